The Bertz CT molecular complexity index is 535. The fraction of sp³-hybridized carbons (Fsp3) is 0.571. The summed E-state index contributed by atoms with van der Waals surface area (Å²) in [6, 6.07) is 5.18. The summed E-state index contributed by atoms with van der Waals surface area (Å²) >= 11 is 3.33. The quantitative estimate of drug-likeness (QED) is 0.614. The Kier molecular flexibility index (Phi) is 8.06. The number of nitrogens with one attached hydrogen (secondary N) is 2. The van der Waals surface area contributed by atoms with Crippen molar-refractivity contribution in [3.8, 4) is 5.75 Å². The molecule has 0 saturated heterocycles. The van der Waals surface area contributed by atoms with Crippen molar-refractivity contribution >= 4 is 31.6 Å². The van der Waals surface area contributed by atoms with Gasteiger partial charge in [-0.05, 0) is 60.4 Å². The van der Waals surface area contributed by atoms with E-state index in [1.54, 1.807) is 25.3 Å². The van der Waals surface area contributed by atoms with Crippen LogP contribution < -0.4 is 14.8 Å². The van der Waals surface area contributed by atoms with E-state index in [1.165, 1.54) is 0 Å². The molecule has 0 radical (unpaired) electrons. The monoisotopic (exact) mass is 378 g/mol. The molecule has 0 aliphatic carbocycles. The highest BCUT2D eigenvalue weighted by molar-refractivity contribution is 9.10. The van der Waals surface area contributed by atoms with Crippen LogP contribution in [0.1, 0.15) is 26.2 Å². The lowest BCUT2D eigenvalue weighted by Crippen LogP contribution is -2.20. The van der Waals surface area contributed by atoms with Gasteiger partial charge in [0.25, 0.3) is 0 Å². The lowest BCUT2D eigenvalue weighted by molar-refractivity contribution is 0.415. The number of ether oxygens (including phenoxy) is 1. The summed E-state index contributed by atoms with van der Waals surface area (Å²) in [6.45, 7) is 3.93. The maximum Gasteiger partial charge on any atom is 0.232 e. The lowest BCUT2D eigenvalue weighted by Gasteiger charge is -2.11. The topological polar surface area (TPSA) is 67.4 Å². The molecule has 1 rings (SSSR count). The van der Waals surface area contributed by atoms with Crippen molar-refractivity contribution in [2.75, 3.05) is 30.7 Å². The number of hydrogen-bond acceptors (Lipinski definition) is 4. The SMILES string of the molecule is CCCNCCCCS(=O)(=O)Nc1cc(OC)ccc1Br. The standard InChI is InChI=1S/C14H23BrN2O3S/c1-3-8-16-9-4-5-10-21(18,19)17-14-11-12(20-2)6-7-13(14)15/h6-7,11,16-17H,3-5,8-10H2,1-2H3. The van der Waals surface area contributed by atoms with Gasteiger partial charge in [0.2, 0.25) is 10.0 Å². The molecule has 0 aliphatic rings. The molecule has 1 aromatic carbocycles. The van der Waals surface area contributed by atoms with Crippen LogP contribution in [0.2, 0.25) is 0 Å². The number of sulfonamides is 1. The molecule has 0 spiro atoms. The zero-order chi connectivity index (χ0) is 15.7. The molecule has 2 N–H and O–H groups in total. The van der Waals surface area contributed by atoms with Gasteiger partial charge in [-0.3, -0.25) is 4.72 Å². The summed E-state index contributed by atoms with van der Waals surface area (Å²) in [6.07, 6.45) is 2.57. The van der Waals surface area contributed by atoms with Crippen LogP contribution in [0.15, 0.2) is 22.7 Å². The Balaban J connectivity index is 2.48. The van der Waals surface area contributed by atoms with Crippen LogP contribution in [-0.2, 0) is 10.0 Å². The summed E-state index contributed by atoms with van der Waals surface area (Å²) in [5, 5.41) is 3.26. The second-order valence-corrected chi connectivity index (χ2v) is 7.42. The van der Waals surface area contributed by atoms with Gasteiger partial charge in [0, 0.05) is 10.5 Å². The second kappa shape index (κ2) is 9.27. The van der Waals surface area contributed by atoms with Crippen LogP contribution >= 0.6 is 15.9 Å². The number of unbranched alkanes of at least 4 members (excludes halogenated alkanes) is 1. The Morgan fingerprint density at radius 2 is 2.00 bits per heavy atom. The first kappa shape index (κ1) is 18.3. The van der Waals surface area contributed by atoms with E-state index >= 15 is 0 Å². The van der Waals surface area contributed by atoms with Gasteiger partial charge in [-0.15, -0.1) is 0 Å². The molecule has 120 valence electrons. The number of benzene rings is 1. The molecule has 0 fully saturated rings. The smallest absolute Gasteiger partial charge is 0.232 e. The van der Waals surface area contributed by atoms with Gasteiger partial charge in [0.05, 0.1) is 18.6 Å². The maximum absolute atomic E-state index is 12.0. The Morgan fingerprint density at radius 3 is 2.67 bits per heavy atom. The first-order chi connectivity index (χ1) is 9.98. The van der Waals surface area contributed by atoms with Crippen LogP contribution in [0.5, 0.6) is 5.75 Å². The largest absolute Gasteiger partial charge is 0.497 e. The predicted molar refractivity (Wildman–Crippen MR) is 90.5 cm³/mol. The van der Waals surface area contributed by atoms with Gasteiger partial charge in [-0.1, -0.05) is 6.92 Å². The van der Waals surface area contributed by atoms with Gasteiger partial charge in [0.1, 0.15) is 5.75 Å². The van der Waals surface area contributed by atoms with Crippen LogP contribution in [0.3, 0.4) is 0 Å². The third kappa shape index (κ3) is 7.15. The maximum atomic E-state index is 12.0. The number of rotatable bonds is 10. The highest BCUT2D eigenvalue weighted by Crippen LogP contribution is 2.28. The molecule has 21 heavy (non-hydrogen) atoms. The molecule has 0 unspecified atom stereocenters. The molecular formula is C14H23BrN2O3S. The molecule has 5 nitrogen and oxygen atoms in total. The average molecular weight is 379 g/mol. The Labute approximate surface area is 135 Å². The Hall–Kier alpha value is -0.790. The van der Waals surface area contributed by atoms with E-state index in [4.69, 9.17) is 4.74 Å². The highest BCUT2D eigenvalue weighted by Gasteiger charge is 2.12. The zero-order valence-corrected chi connectivity index (χ0v) is 14.9. The van der Waals surface area contributed by atoms with Crippen molar-refractivity contribution in [1.29, 1.82) is 0 Å². The fourth-order valence-electron chi connectivity index (χ4n) is 1.77. The Morgan fingerprint density at radius 1 is 1.24 bits per heavy atom. The molecule has 0 aromatic heterocycles. The van der Waals surface area contributed by atoms with Crippen LogP contribution in [-0.4, -0.2) is 34.4 Å². The minimum Gasteiger partial charge on any atom is -0.497 e. The van der Waals surface area contributed by atoms with Gasteiger partial charge >= 0.3 is 0 Å². The minimum absolute atomic E-state index is 0.116. The van der Waals surface area contributed by atoms with Gasteiger partial charge in [-0.2, -0.15) is 0 Å². The highest BCUT2D eigenvalue weighted by atomic mass is 79.9. The van der Waals surface area contributed by atoms with Crippen LogP contribution in [0.4, 0.5) is 5.69 Å². The van der Waals surface area contributed by atoms with Gasteiger partial charge in [-0.25, -0.2) is 8.42 Å². The van der Waals surface area contributed by atoms with Gasteiger partial charge < -0.3 is 10.1 Å². The normalized spacial score (nSPS) is 11.4. The van der Waals surface area contributed by atoms with Crippen molar-refractivity contribution < 1.29 is 13.2 Å². The van der Waals surface area contributed by atoms with Crippen molar-refractivity contribution in [3.05, 3.63) is 22.7 Å². The van der Waals surface area contributed by atoms with Crippen molar-refractivity contribution in [2.24, 2.45) is 0 Å². The van der Waals surface area contributed by atoms with E-state index in [2.05, 4.69) is 32.9 Å². The van der Waals surface area contributed by atoms with E-state index in [0.717, 1.165) is 25.9 Å². The first-order valence-electron chi connectivity index (χ1n) is 7.03. The summed E-state index contributed by atoms with van der Waals surface area (Å²) < 4.78 is 32.5. The number of methoxy groups -OCH3 is 1. The van der Waals surface area contributed by atoms with Crippen molar-refractivity contribution in [1.82, 2.24) is 5.32 Å². The number of hydrogen-bond donors (Lipinski definition) is 2. The first-order valence-corrected chi connectivity index (χ1v) is 9.47. The van der Waals surface area contributed by atoms with Crippen LogP contribution in [0.25, 0.3) is 0 Å². The van der Waals surface area contributed by atoms with E-state index in [0.29, 0.717) is 22.3 Å². The third-order valence-electron chi connectivity index (χ3n) is 2.88. The zero-order valence-electron chi connectivity index (χ0n) is 12.5. The number of anilines is 1. The summed E-state index contributed by atoms with van der Waals surface area (Å²) in [4.78, 5) is 0. The average Bonchev–Trinajstić information content (AvgIpc) is 2.45. The minimum atomic E-state index is -3.34. The van der Waals surface area contributed by atoms with E-state index in [1.807, 2.05) is 0 Å². The molecule has 0 amide bonds. The molecular weight excluding hydrogens is 356 g/mol. The van der Waals surface area contributed by atoms with Gasteiger partial charge in [0.15, 0.2) is 0 Å². The third-order valence-corrected chi connectivity index (χ3v) is 4.93. The summed E-state index contributed by atoms with van der Waals surface area (Å²) in [5.74, 6) is 0.726. The van der Waals surface area contributed by atoms with Crippen molar-refractivity contribution in [3.63, 3.8) is 0 Å². The van der Waals surface area contributed by atoms with E-state index in [-0.39, 0.29) is 5.75 Å². The molecule has 0 atom stereocenters. The van der Waals surface area contributed by atoms with Crippen LogP contribution in [0, 0.1) is 0 Å². The molecule has 1 aromatic rings. The van der Waals surface area contributed by atoms with E-state index < -0.39 is 10.0 Å². The summed E-state index contributed by atoms with van der Waals surface area (Å²) in [5.41, 5.74) is 0.499. The molecule has 7 heteroatoms. The molecule has 0 bridgehead atoms. The number of halogens is 1. The van der Waals surface area contributed by atoms with E-state index in [9.17, 15) is 8.42 Å². The molecule has 0 aliphatic heterocycles. The lowest BCUT2D eigenvalue weighted by atomic mass is 10.3. The molecule has 0 heterocycles. The second-order valence-electron chi connectivity index (χ2n) is 4.72. The molecule has 0 saturated carbocycles. The predicted octanol–water partition coefficient (Wildman–Crippen LogP) is 2.98. The van der Waals surface area contributed by atoms with Crippen molar-refractivity contribution in [2.45, 2.75) is 26.2 Å². The summed E-state index contributed by atoms with van der Waals surface area (Å²) in [7, 11) is -1.79. The fourth-order valence-corrected chi connectivity index (χ4v) is 3.44.